The van der Waals surface area contributed by atoms with Gasteiger partial charge in [0.05, 0.1) is 5.69 Å². The van der Waals surface area contributed by atoms with Crippen molar-refractivity contribution in [1.82, 2.24) is 15.1 Å². The van der Waals surface area contributed by atoms with Crippen molar-refractivity contribution in [3.63, 3.8) is 0 Å². The van der Waals surface area contributed by atoms with E-state index >= 15 is 0 Å². The fraction of sp³-hybridized carbons (Fsp3) is 0.375. The number of nitrogens with zero attached hydrogens (tertiary/aromatic N) is 2. The van der Waals surface area contributed by atoms with Crippen molar-refractivity contribution in [3.05, 3.63) is 45.2 Å². The Morgan fingerprint density at radius 2 is 2.00 bits per heavy atom. The minimum absolute atomic E-state index is 0.486. The monoisotopic (exact) mass is 370 g/mol. The Morgan fingerprint density at radius 1 is 1.26 bits per heavy atom. The van der Waals surface area contributed by atoms with E-state index in [-0.39, 0.29) is 0 Å². The summed E-state index contributed by atoms with van der Waals surface area (Å²) in [6.07, 6.45) is 0.839. The van der Waals surface area contributed by atoms with Crippen LogP contribution < -0.4 is 10.6 Å². The van der Waals surface area contributed by atoms with Crippen molar-refractivity contribution in [2.24, 2.45) is 0 Å². The van der Waals surface area contributed by atoms with Crippen molar-refractivity contribution < 1.29 is 0 Å². The second-order valence-electron chi connectivity index (χ2n) is 5.47. The number of aryl methyl sites for hydroxylation is 4. The second-order valence-corrected chi connectivity index (χ2v) is 6.61. The normalized spacial score (nSPS) is 10.7. The Labute approximate surface area is 152 Å². The van der Waals surface area contributed by atoms with E-state index in [0.29, 0.717) is 21.8 Å². The summed E-state index contributed by atoms with van der Waals surface area (Å²) in [5.74, 6) is 0. The Kier molecular flexibility index (Phi) is 6.27. The lowest BCUT2D eigenvalue weighted by Crippen LogP contribution is -2.30. The average molecular weight is 371 g/mol. The lowest BCUT2D eigenvalue weighted by molar-refractivity contribution is 0.571. The summed E-state index contributed by atoms with van der Waals surface area (Å²) in [6, 6.07) is 6.24. The van der Waals surface area contributed by atoms with Crippen molar-refractivity contribution in [2.75, 3.05) is 11.9 Å². The summed E-state index contributed by atoms with van der Waals surface area (Å²) in [5.41, 5.74) is 4.13. The first-order valence-electron chi connectivity index (χ1n) is 7.39. The van der Waals surface area contributed by atoms with Crippen molar-refractivity contribution in [1.29, 1.82) is 0 Å². The van der Waals surface area contributed by atoms with E-state index in [0.717, 1.165) is 29.9 Å². The molecule has 0 saturated heterocycles. The summed E-state index contributed by atoms with van der Waals surface area (Å²) >= 11 is 17.5. The fourth-order valence-electron chi connectivity index (χ4n) is 2.15. The first-order valence-corrected chi connectivity index (χ1v) is 8.55. The fourth-order valence-corrected chi connectivity index (χ4v) is 2.75. The molecule has 4 nitrogen and oxygen atoms in total. The van der Waals surface area contributed by atoms with Crippen LogP contribution in [-0.2, 0) is 6.54 Å². The molecule has 1 aromatic carbocycles. The number of halogens is 2. The molecule has 0 aliphatic carbocycles. The predicted molar refractivity (Wildman–Crippen MR) is 102 cm³/mol. The lowest BCUT2D eigenvalue weighted by Gasteiger charge is -2.13. The van der Waals surface area contributed by atoms with Gasteiger partial charge in [0.25, 0.3) is 0 Å². The number of rotatable bonds is 5. The highest BCUT2D eigenvalue weighted by atomic mass is 35.5. The van der Waals surface area contributed by atoms with Crippen LogP contribution in [0.15, 0.2) is 18.2 Å². The Bertz CT molecular complexity index is 712. The van der Waals surface area contributed by atoms with Gasteiger partial charge in [-0.2, -0.15) is 5.10 Å². The second kappa shape index (κ2) is 7.99. The molecule has 0 aliphatic rings. The molecule has 0 fully saturated rings. The third-order valence-corrected chi connectivity index (χ3v) is 4.65. The molecule has 2 N–H and O–H groups in total. The third kappa shape index (κ3) is 4.83. The SMILES string of the molecule is Cc1ccc(C)c(NC(=S)NCCCn2nc(C)c(Cl)c2Cl)c1. The van der Waals surface area contributed by atoms with Crippen LogP contribution in [0.3, 0.4) is 0 Å². The van der Waals surface area contributed by atoms with Crippen LogP contribution in [0.5, 0.6) is 0 Å². The maximum absolute atomic E-state index is 6.11. The van der Waals surface area contributed by atoms with Gasteiger partial charge in [0.15, 0.2) is 5.11 Å². The van der Waals surface area contributed by atoms with Gasteiger partial charge < -0.3 is 10.6 Å². The van der Waals surface area contributed by atoms with Gasteiger partial charge in [-0.3, -0.25) is 4.68 Å². The highest BCUT2D eigenvalue weighted by Gasteiger charge is 2.10. The maximum Gasteiger partial charge on any atom is 0.170 e. The zero-order chi connectivity index (χ0) is 17.0. The van der Waals surface area contributed by atoms with Gasteiger partial charge in [0.1, 0.15) is 10.2 Å². The molecule has 1 heterocycles. The summed E-state index contributed by atoms with van der Waals surface area (Å²) < 4.78 is 1.71. The molecule has 0 aliphatic heterocycles. The summed E-state index contributed by atoms with van der Waals surface area (Å²) in [7, 11) is 0. The number of anilines is 1. The molecule has 23 heavy (non-hydrogen) atoms. The van der Waals surface area contributed by atoms with Gasteiger partial charge in [-0.1, -0.05) is 35.3 Å². The van der Waals surface area contributed by atoms with Crippen LogP contribution in [0.2, 0.25) is 10.2 Å². The number of hydrogen-bond acceptors (Lipinski definition) is 2. The van der Waals surface area contributed by atoms with Crippen molar-refractivity contribution in [2.45, 2.75) is 33.7 Å². The van der Waals surface area contributed by atoms with Crippen molar-refractivity contribution >= 4 is 46.2 Å². The van der Waals surface area contributed by atoms with Gasteiger partial charge in [-0.25, -0.2) is 0 Å². The molecule has 7 heteroatoms. The molecule has 0 unspecified atom stereocenters. The highest BCUT2D eigenvalue weighted by molar-refractivity contribution is 7.80. The van der Waals surface area contributed by atoms with E-state index in [9.17, 15) is 0 Å². The summed E-state index contributed by atoms with van der Waals surface area (Å²) in [6.45, 7) is 7.36. The van der Waals surface area contributed by atoms with Crippen LogP contribution >= 0.6 is 35.4 Å². The Hall–Kier alpha value is -1.30. The number of aromatic nitrogens is 2. The standard InChI is InChI=1S/C16H20Cl2N4S/c1-10-5-6-11(2)13(9-10)20-16(23)19-7-4-8-22-15(18)14(17)12(3)21-22/h5-6,9H,4,7-8H2,1-3H3,(H2,19,20,23). The number of benzene rings is 1. The predicted octanol–water partition coefficient (Wildman–Crippen LogP) is 4.49. The maximum atomic E-state index is 6.11. The molecule has 0 spiro atoms. The van der Waals surface area contributed by atoms with E-state index in [1.807, 2.05) is 6.92 Å². The quantitative estimate of drug-likeness (QED) is 0.600. The largest absolute Gasteiger partial charge is 0.362 e. The topological polar surface area (TPSA) is 41.9 Å². The highest BCUT2D eigenvalue weighted by Crippen LogP contribution is 2.24. The van der Waals surface area contributed by atoms with Gasteiger partial charge in [0.2, 0.25) is 0 Å². The van der Waals surface area contributed by atoms with E-state index in [2.05, 4.69) is 47.8 Å². The van der Waals surface area contributed by atoms with E-state index in [1.54, 1.807) is 4.68 Å². The smallest absolute Gasteiger partial charge is 0.170 e. The number of thiocarbonyl (C=S) groups is 1. The molecule has 0 bridgehead atoms. The summed E-state index contributed by atoms with van der Waals surface area (Å²) in [5, 5.41) is 12.3. The van der Waals surface area contributed by atoms with Gasteiger partial charge in [-0.05, 0) is 56.6 Å². The van der Waals surface area contributed by atoms with Crippen LogP contribution in [0.25, 0.3) is 0 Å². The van der Waals surface area contributed by atoms with Crippen LogP contribution in [-0.4, -0.2) is 21.4 Å². The Morgan fingerprint density at radius 3 is 2.65 bits per heavy atom. The van der Waals surface area contributed by atoms with Crippen LogP contribution in [0.1, 0.15) is 23.2 Å². The molecule has 0 atom stereocenters. The molecule has 0 saturated carbocycles. The molecular formula is C16H20Cl2N4S. The molecule has 1 aromatic heterocycles. The molecule has 2 rings (SSSR count). The Balaban J connectivity index is 1.79. The number of nitrogens with one attached hydrogen (secondary N) is 2. The molecule has 124 valence electrons. The van der Waals surface area contributed by atoms with Crippen LogP contribution in [0, 0.1) is 20.8 Å². The molecule has 0 amide bonds. The zero-order valence-corrected chi connectivity index (χ0v) is 15.7. The third-order valence-electron chi connectivity index (χ3n) is 3.47. The average Bonchev–Trinajstić information content (AvgIpc) is 2.75. The van der Waals surface area contributed by atoms with Gasteiger partial charge >= 0.3 is 0 Å². The zero-order valence-electron chi connectivity index (χ0n) is 13.4. The lowest BCUT2D eigenvalue weighted by atomic mass is 10.1. The van der Waals surface area contributed by atoms with E-state index in [1.165, 1.54) is 5.56 Å². The van der Waals surface area contributed by atoms with Gasteiger partial charge in [0, 0.05) is 18.8 Å². The molecule has 0 radical (unpaired) electrons. The van der Waals surface area contributed by atoms with Crippen LogP contribution in [0.4, 0.5) is 5.69 Å². The first kappa shape index (κ1) is 18.0. The van der Waals surface area contributed by atoms with E-state index < -0.39 is 0 Å². The molecular weight excluding hydrogens is 351 g/mol. The van der Waals surface area contributed by atoms with Gasteiger partial charge in [-0.15, -0.1) is 0 Å². The van der Waals surface area contributed by atoms with E-state index in [4.69, 9.17) is 35.4 Å². The van der Waals surface area contributed by atoms with Crippen molar-refractivity contribution in [3.8, 4) is 0 Å². The molecule has 2 aromatic rings. The first-order chi connectivity index (χ1) is 10.9. The minimum atomic E-state index is 0.486. The number of hydrogen-bond donors (Lipinski definition) is 2. The minimum Gasteiger partial charge on any atom is -0.362 e. The summed E-state index contributed by atoms with van der Waals surface area (Å²) in [4.78, 5) is 0.